The number of pyridine rings is 2. The van der Waals surface area contributed by atoms with Gasteiger partial charge in [0, 0.05) is 30.0 Å². The van der Waals surface area contributed by atoms with Gasteiger partial charge in [-0.3, -0.25) is 4.98 Å². The van der Waals surface area contributed by atoms with Gasteiger partial charge in [0.05, 0.1) is 28.4 Å². The molecule has 0 aromatic carbocycles. The normalized spacial score (nSPS) is 19.9. The average molecular weight is 373 g/mol. The maximum atomic E-state index is 4.75. The van der Waals surface area contributed by atoms with Crippen molar-refractivity contribution >= 4 is 22.5 Å². The number of fused-ring (bicyclic) bond motifs is 2. The van der Waals surface area contributed by atoms with Crippen molar-refractivity contribution in [2.24, 2.45) is 0 Å². The lowest BCUT2D eigenvalue weighted by Crippen LogP contribution is -2.35. The van der Waals surface area contributed by atoms with E-state index in [9.17, 15) is 0 Å². The van der Waals surface area contributed by atoms with Gasteiger partial charge in [-0.15, -0.1) is 5.10 Å². The molecule has 4 aromatic rings. The first-order chi connectivity index (χ1) is 13.8. The maximum Gasteiger partial charge on any atom is 0.241 e. The van der Waals surface area contributed by atoms with Crippen LogP contribution in [0.2, 0.25) is 0 Å². The van der Waals surface area contributed by atoms with Crippen LogP contribution in [0.25, 0.3) is 27.8 Å². The van der Waals surface area contributed by atoms with Crippen LogP contribution >= 0.6 is 0 Å². The Kier molecular flexibility index (Phi) is 4.37. The van der Waals surface area contributed by atoms with Crippen LogP contribution in [-0.4, -0.2) is 43.7 Å². The molecule has 7 heteroatoms. The van der Waals surface area contributed by atoms with Crippen LogP contribution in [0.5, 0.6) is 0 Å². The number of rotatable bonds is 4. The SMILES string of the molecule is CNC1CCC(Nc2ncc3c(-c4ccc5ncccc5n4)ccn3n2)CC1. The molecule has 1 aliphatic carbocycles. The van der Waals surface area contributed by atoms with Gasteiger partial charge in [-0.25, -0.2) is 14.5 Å². The molecule has 5 rings (SSSR count). The standard InChI is InChI=1S/C21H23N7/c1-22-14-4-6-15(7-5-14)25-21-24-13-20-16(10-12-28(20)27-21)17-8-9-18-19(26-17)3-2-11-23-18/h2-3,8-15,22H,4-7H2,1H3,(H,25,27). The monoisotopic (exact) mass is 373 g/mol. The number of anilines is 1. The molecular weight excluding hydrogens is 350 g/mol. The zero-order valence-corrected chi connectivity index (χ0v) is 15.8. The van der Waals surface area contributed by atoms with Crippen molar-refractivity contribution in [1.82, 2.24) is 29.9 Å². The number of aromatic nitrogens is 5. The zero-order valence-electron chi connectivity index (χ0n) is 15.8. The molecule has 0 spiro atoms. The summed E-state index contributed by atoms with van der Waals surface area (Å²) in [5, 5.41) is 11.5. The van der Waals surface area contributed by atoms with E-state index in [0.717, 1.165) is 40.6 Å². The number of nitrogens with one attached hydrogen (secondary N) is 2. The fraction of sp³-hybridized carbons (Fsp3) is 0.333. The Labute approximate surface area is 163 Å². The van der Waals surface area contributed by atoms with Gasteiger partial charge in [-0.05, 0) is 63.1 Å². The van der Waals surface area contributed by atoms with E-state index in [1.807, 2.05) is 54.3 Å². The van der Waals surface area contributed by atoms with Gasteiger partial charge in [0.25, 0.3) is 0 Å². The Morgan fingerprint density at radius 3 is 2.68 bits per heavy atom. The maximum absolute atomic E-state index is 4.75. The Morgan fingerprint density at radius 2 is 1.82 bits per heavy atom. The van der Waals surface area contributed by atoms with Crippen LogP contribution in [0.3, 0.4) is 0 Å². The molecule has 1 saturated carbocycles. The van der Waals surface area contributed by atoms with Crippen molar-refractivity contribution in [2.45, 2.75) is 37.8 Å². The molecule has 1 fully saturated rings. The summed E-state index contributed by atoms with van der Waals surface area (Å²) in [5.74, 6) is 0.679. The molecule has 0 bridgehead atoms. The van der Waals surface area contributed by atoms with Crippen molar-refractivity contribution in [1.29, 1.82) is 0 Å². The number of hydrogen-bond acceptors (Lipinski definition) is 6. The summed E-state index contributed by atoms with van der Waals surface area (Å²) in [6.07, 6.45) is 10.3. The average Bonchev–Trinajstić information content (AvgIpc) is 3.17. The molecule has 0 amide bonds. The van der Waals surface area contributed by atoms with E-state index in [-0.39, 0.29) is 0 Å². The van der Waals surface area contributed by atoms with Gasteiger partial charge in [0.2, 0.25) is 5.95 Å². The Hall–Kier alpha value is -3.06. The van der Waals surface area contributed by atoms with E-state index >= 15 is 0 Å². The molecule has 28 heavy (non-hydrogen) atoms. The molecule has 0 aliphatic heterocycles. The van der Waals surface area contributed by atoms with Crippen LogP contribution in [-0.2, 0) is 0 Å². The lowest BCUT2D eigenvalue weighted by atomic mass is 9.91. The van der Waals surface area contributed by atoms with Gasteiger partial charge in [-0.2, -0.15) is 0 Å². The fourth-order valence-electron chi connectivity index (χ4n) is 4.00. The minimum Gasteiger partial charge on any atom is -0.350 e. The highest BCUT2D eigenvalue weighted by atomic mass is 15.3. The van der Waals surface area contributed by atoms with Gasteiger partial charge in [-0.1, -0.05) is 0 Å². The van der Waals surface area contributed by atoms with Crippen LogP contribution in [0.1, 0.15) is 25.7 Å². The molecule has 4 heterocycles. The summed E-state index contributed by atoms with van der Waals surface area (Å²) in [5.41, 5.74) is 4.64. The van der Waals surface area contributed by atoms with Gasteiger partial charge >= 0.3 is 0 Å². The summed E-state index contributed by atoms with van der Waals surface area (Å²) in [7, 11) is 2.04. The molecular formula is C21H23N7. The topological polar surface area (TPSA) is 80.0 Å². The minimum atomic E-state index is 0.437. The Bertz CT molecular complexity index is 1110. The quantitative estimate of drug-likeness (QED) is 0.571. The zero-order chi connectivity index (χ0) is 18.9. The summed E-state index contributed by atoms with van der Waals surface area (Å²) in [6, 6.07) is 11.0. The first kappa shape index (κ1) is 17.1. The van der Waals surface area contributed by atoms with Gasteiger partial charge < -0.3 is 10.6 Å². The van der Waals surface area contributed by atoms with Crippen molar-refractivity contribution in [3.8, 4) is 11.3 Å². The molecule has 0 atom stereocenters. The van der Waals surface area contributed by atoms with Crippen LogP contribution in [0.15, 0.2) is 48.9 Å². The predicted octanol–water partition coefficient (Wildman–Crippen LogP) is 3.28. The van der Waals surface area contributed by atoms with E-state index in [2.05, 4.69) is 25.7 Å². The summed E-state index contributed by atoms with van der Waals surface area (Å²) in [4.78, 5) is 13.6. The molecule has 1 aliphatic rings. The van der Waals surface area contributed by atoms with Gasteiger partial charge in [0.1, 0.15) is 0 Å². The smallest absolute Gasteiger partial charge is 0.241 e. The largest absolute Gasteiger partial charge is 0.350 e. The predicted molar refractivity (Wildman–Crippen MR) is 110 cm³/mol. The van der Waals surface area contributed by atoms with Crippen LogP contribution in [0, 0.1) is 0 Å². The number of nitrogens with zero attached hydrogens (tertiary/aromatic N) is 5. The van der Waals surface area contributed by atoms with E-state index in [1.54, 1.807) is 6.20 Å². The second kappa shape index (κ2) is 7.16. The third-order valence-corrected chi connectivity index (χ3v) is 5.62. The second-order valence-electron chi connectivity index (χ2n) is 7.36. The van der Waals surface area contributed by atoms with E-state index in [0.29, 0.717) is 18.0 Å². The van der Waals surface area contributed by atoms with Crippen molar-refractivity contribution in [3.63, 3.8) is 0 Å². The first-order valence-corrected chi connectivity index (χ1v) is 9.80. The summed E-state index contributed by atoms with van der Waals surface area (Å²) >= 11 is 0. The molecule has 142 valence electrons. The molecule has 0 unspecified atom stereocenters. The van der Waals surface area contributed by atoms with Gasteiger partial charge in [0.15, 0.2) is 0 Å². The fourth-order valence-corrected chi connectivity index (χ4v) is 4.00. The summed E-state index contributed by atoms with van der Waals surface area (Å²) in [6.45, 7) is 0. The highest BCUT2D eigenvalue weighted by Gasteiger charge is 2.20. The number of hydrogen-bond donors (Lipinski definition) is 2. The molecule has 0 saturated heterocycles. The third-order valence-electron chi connectivity index (χ3n) is 5.62. The highest BCUT2D eigenvalue weighted by Crippen LogP contribution is 2.26. The van der Waals surface area contributed by atoms with E-state index in [1.165, 1.54) is 12.8 Å². The van der Waals surface area contributed by atoms with Crippen LogP contribution in [0.4, 0.5) is 5.95 Å². The molecule has 4 aromatic heterocycles. The molecule has 0 radical (unpaired) electrons. The van der Waals surface area contributed by atoms with Crippen LogP contribution < -0.4 is 10.6 Å². The lowest BCUT2D eigenvalue weighted by molar-refractivity contribution is 0.370. The first-order valence-electron chi connectivity index (χ1n) is 9.80. The van der Waals surface area contributed by atoms with E-state index in [4.69, 9.17) is 4.98 Å². The molecule has 7 nitrogen and oxygen atoms in total. The Morgan fingerprint density at radius 1 is 0.964 bits per heavy atom. The van der Waals surface area contributed by atoms with Crippen molar-refractivity contribution in [2.75, 3.05) is 12.4 Å². The van der Waals surface area contributed by atoms with Crippen molar-refractivity contribution in [3.05, 3.63) is 48.9 Å². The third kappa shape index (κ3) is 3.18. The molecule has 2 N–H and O–H groups in total. The summed E-state index contributed by atoms with van der Waals surface area (Å²) < 4.78 is 1.87. The minimum absolute atomic E-state index is 0.437. The van der Waals surface area contributed by atoms with E-state index < -0.39 is 0 Å². The Balaban J connectivity index is 1.40. The second-order valence-corrected chi connectivity index (χ2v) is 7.36. The lowest BCUT2D eigenvalue weighted by Gasteiger charge is -2.28. The highest BCUT2D eigenvalue weighted by molar-refractivity contribution is 5.83. The van der Waals surface area contributed by atoms with Crippen molar-refractivity contribution < 1.29 is 0 Å².